The molecule has 0 aliphatic carbocycles. The summed E-state index contributed by atoms with van der Waals surface area (Å²) in [5.74, 6) is 0. The van der Waals surface area contributed by atoms with Gasteiger partial charge in [0.1, 0.15) is 0 Å². The van der Waals surface area contributed by atoms with E-state index in [0.29, 0.717) is 0 Å². The second-order valence-corrected chi connectivity index (χ2v) is 13.8. The van der Waals surface area contributed by atoms with Gasteiger partial charge in [-0.05, 0) is 62.0 Å². The molecule has 0 aliphatic heterocycles. The number of benzene rings is 1. The summed E-state index contributed by atoms with van der Waals surface area (Å²) in [7, 11) is 3.17. The highest BCUT2D eigenvalue weighted by molar-refractivity contribution is 6.66. The van der Waals surface area contributed by atoms with Crippen LogP contribution >= 0.6 is 0 Å². The Hall–Kier alpha value is -0.506. The predicted octanol–water partition coefficient (Wildman–Crippen LogP) is 4.28. The van der Waals surface area contributed by atoms with Crippen LogP contribution in [-0.2, 0) is 30.5 Å². The molecule has 0 radical (unpaired) electrons. The van der Waals surface area contributed by atoms with E-state index in [2.05, 4.69) is 37.4 Å². The SMILES string of the molecule is CO[Si](C)(CCCc1ccc(CCC[Si](C)(OC)OC)cc1)OC. The lowest BCUT2D eigenvalue weighted by Gasteiger charge is -2.22. The van der Waals surface area contributed by atoms with E-state index in [1.54, 1.807) is 28.4 Å². The Morgan fingerprint density at radius 2 is 0.917 bits per heavy atom. The molecule has 0 aliphatic rings. The highest BCUT2D eigenvalue weighted by Crippen LogP contribution is 2.19. The maximum atomic E-state index is 5.53. The lowest BCUT2D eigenvalue weighted by atomic mass is 10.1. The molecular formula is C18H34O4Si2. The molecule has 6 heteroatoms. The van der Waals surface area contributed by atoms with Crippen LogP contribution in [0.15, 0.2) is 24.3 Å². The first-order valence-corrected chi connectivity index (χ1v) is 13.7. The first kappa shape index (κ1) is 21.5. The Morgan fingerprint density at radius 1 is 0.625 bits per heavy atom. The topological polar surface area (TPSA) is 36.9 Å². The van der Waals surface area contributed by atoms with Crippen LogP contribution in [0.3, 0.4) is 0 Å². The Kier molecular flexibility index (Phi) is 9.40. The largest absolute Gasteiger partial charge is 0.398 e. The normalized spacial score (nSPS) is 12.6. The third-order valence-corrected chi connectivity index (χ3v) is 10.9. The van der Waals surface area contributed by atoms with Gasteiger partial charge in [-0.25, -0.2) is 0 Å². The molecule has 24 heavy (non-hydrogen) atoms. The van der Waals surface area contributed by atoms with E-state index in [0.717, 1.165) is 37.8 Å². The van der Waals surface area contributed by atoms with Crippen molar-refractivity contribution in [3.05, 3.63) is 35.4 Å². The molecule has 0 spiro atoms. The van der Waals surface area contributed by atoms with Crippen LogP contribution in [0.2, 0.25) is 25.2 Å². The summed E-state index contributed by atoms with van der Waals surface area (Å²) >= 11 is 0. The quantitative estimate of drug-likeness (QED) is 0.515. The summed E-state index contributed by atoms with van der Waals surface area (Å²) in [6.45, 7) is 4.24. The average molecular weight is 371 g/mol. The predicted molar refractivity (Wildman–Crippen MR) is 104 cm³/mol. The van der Waals surface area contributed by atoms with Crippen molar-refractivity contribution < 1.29 is 17.7 Å². The van der Waals surface area contributed by atoms with Crippen molar-refractivity contribution in [1.82, 2.24) is 0 Å². The zero-order chi connectivity index (χ0) is 18.1. The van der Waals surface area contributed by atoms with Crippen molar-refractivity contribution >= 4 is 17.1 Å². The second kappa shape index (κ2) is 10.5. The lowest BCUT2D eigenvalue weighted by Crippen LogP contribution is -2.35. The van der Waals surface area contributed by atoms with Crippen LogP contribution in [0.4, 0.5) is 0 Å². The molecule has 138 valence electrons. The molecule has 1 aromatic carbocycles. The average Bonchev–Trinajstić information content (AvgIpc) is 2.62. The smallest absolute Gasteiger partial charge is 0.334 e. The minimum Gasteiger partial charge on any atom is -0.398 e. The van der Waals surface area contributed by atoms with Crippen molar-refractivity contribution in [2.45, 2.75) is 50.9 Å². The van der Waals surface area contributed by atoms with Crippen LogP contribution in [0.25, 0.3) is 0 Å². The molecule has 0 atom stereocenters. The summed E-state index contributed by atoms with van der Waals surface area (Å²) in [6, 6.07) is 11.0. The van der Waals surface area contributed by atoms with Gasteiger partial charge in [0.05, 0.1) is 0 Å². The van der Waals surface area contributed by atoms with E-state index in [4.69, 9.17) is 17.7 Å². The summed E-state index contributed by atoms with van der Waals surface area (Å²) in [5, 5.41) is 0. The van der Waals surface area contributed by atoms with Crippen LogP contribution in [0.5, 0.6) is 0 Å². The van der Waals surface area contributed by atoms with Gasteiger partial charge in [0.15, 0.2) is 0 Å². The minimum absolute atomic E-state index is 1.03. The molecule has 0 saturated heterocycles. The number of rotatable bonds is 12. The van der Waals surface area contributed by atoms with Crippen LogP contribution in [0, 0.1) is 0 Å². The van der Waals surface area contributed by atoms with Gasteiger partial charge in [0.2, 0.25) is 0 Å². The third kappa shape index (κ3) is 7.17. The lowest BCUT2D eigenvalue weighted by molar-refractivity contribution is 0.248. The van der Waals surface area contributed by atoms with Gasteiger partial charge in [0, 0.05) is 28.4 Å². The molecule has 0 aromatic heterocycles. The fourth-order valence-corrected chi connectivity index (χ4v) is 5.46. The zero-order valence-corrected chi connectivity index (χ0v) is 18.2. The molecule has 0 saturated carbocycles. The van der Waals surface area contributed by atoms with Gasteiger partial charge in [-0.1, -0.05) is 24.3 Å². The van der Waals surface area contributed by atoms with Crippen molar-refractivity contribution in [2.75, 3.05) is 28.4 Å². The first-order valence-electron chi connectivity index (χ1n) is 8.69. The summed E-state index contributed by atoms with van der Waals surface area (Å²) in [5.41, 5.74) is 2.77. The Bertz CT molecular complexity index is 414. The summed E-state index contributed by atoms with van der Waals surface area (Å²) < 4.78 is 22.1. The van der Waals surface area contributed by atoms with Crippen molar-refractivity contribution in [1.29, 1.82) is 0 Å². The van der Waals surface area contributed by atoms with Gasteiger partial charge in [-0.3, -0.25) is 0 Å². The number of hydrogen-bond donors (Lipinski definition) is 0. The van der Waals surface area contributed by atoms with E-state index in [1.165, 1.54) is 11.1 Å². The summed E-state index contributed by atoms with van der Waals surface area (Å²) in [4.78, 5) is 0. The molecule has 1 aromatic rings. The van der Waals surface area contributed by atoms with E-state index >= 15 is 0 Å². The van der Waals surface area contributed by atoms with Gasteiger partial charge >= 0.3 is 17.1 Å². The monoisotopic (exact) mass is 370 g/mol. The molecule has 1 rings (SSSR count). The number of aryl methyl sites for hydroxylation is 2. The minimum atomic E-state index is -1.92. The molecule has 0 N–H and O–H groups in total. The maximum Gasteiger partial charge on any atom is 0.334 e. The summed E-state index contributed by atoms with van der Waals surface area (Å²) in [6.07, 6.45) is 4.37. The van der Waals surface area contributed by atoms with Crippen molar-refractivity contribution in [3.63, 3.8) is 0 Å². The van der Waals surface area contributed by atoms with Crippen LogP contribution in [0.1, 0.15) is 24.0 Å². The highest BCUT2D eigenvalue weighted by Gasteiger charge is 2.28. The molecule has 0 heterocycles. The fourth-order valence-electron chi connectivity index (χ4n) is 2.67. The molecule has 0 unspecified atom stereocenters. The molecular weight excluding hydrogens is 336 g/mol. The Labute approximate surface area is 150 Å². The standard InChI is InChI=1S/C18H34O4Si2/c1-19-23(5,20-2)15-7-9-17-11-13-18(14-12-17)10-8-16-24(6,21-3)22-4/h11-14H,7-10,15-16H2,1-6H3. The zero-order valence-electron chi connectivity index (χ0n) is 16.2. The Balaban J connectivity index is 2.38. The molecule has 0 fully saturated rings. The van der Waals surface area contributed by atoms with Crippen LogP contribution in [-0.4, -0.2) is 45.6 Å². The second-order valence-electron chi connectivity index (χ2n) is 6.61. The Morgan fingerprint density at radius 3 is 1.17 bits per heavy atom. The van der Waals surface area contributed by atoms with Gasteiger partial charge in [0.25, 0.3) is 0 Å². The molecule has 0 bridgehead atoms. The molecule has 4 nitrogen and oxygen atoms in total. The van der Waals surface area contributed by atoms with Crippen molar-refractivity contribution in [3.8, 4) is 0 Å². The van der Waals surface area contributed by atoms with Gasteiger partial charge in [-0.2, -0.15) is 0 Å². The third-order valence-electron chi connectivity index (χ3n) is 4.94. The highest BCUT2D eigenvalue weighted by atomic mass is 28.4. The molecule has 0 amide bonds. The van der Waals surface area contributed by atoms with Gasteiger partial charge < -0.3 is 17.7 Å². The fraction of sp³-hybridized carbons (Fsp3) is 0.667. The first-order chi connectivity index (χ1) is 11.4. The van der Waals surface area contributed by atoms with Gasteiger partial charge in [-0.15, -0.1) is 0 Å². The van der Waals surface area contributed by atoms with Crippen LogP contribution < -0.4 is 0 Å². The van der Waals surface area contributed by atoms with E-state index < -0.39 is 17.1 Å². The number of hydrogen-bond acceptors (Lipinski definition) is 4. The van der Waals surface area contributed by atoms with E-state index in [9.17, 15) is 0 Å². The van der Waals surface area contributed by atoms with E-state index in [1.807, 2.05) is 0 Å². The van der Waals surface area contributed by atoms with Crippen molar-refractivity contribution in [2.24, 2.45) is 0 Å². The van der Waals surface area contributed by atoms with E-state index in [-0.39, 0.29) is 0 Å². The maximum absolute atomic E-state index is 5.53.